The van der Waals surface area contributed by atoms with Gasteiger partial charge in [0.25, 0.3) is 5.91 Å². The molecule has 10 heteroatoms. The molecule has 1 aromatic heterocycles. The Hall–Kier alpha value is -3.56. The van der Waals surface area contributed by atoms with Gasteiger partial charge in [0.2, 0.25) is 11.6 Å². The molecule has 0 spiro atoms. The first kappa shape index (κ1) is 16.8. The van der Waals surface area contributed by atoms with Gasteiger partial charge in [-0.3, -0.25) is 25.8 Å². The number of nitrogens with one attached hydrogen (secondary N) is 3. The van der Waals surface area contributed by atoms with Crippen molar-refractivity contribution in [2.45, 2.75) is 0 Å². The van der Waals surface area contributed by atoms with Crippen LogP contribution in [0.15, 0.2) is 43.2 Å². The zero-order valence-electron chi connectivity index (χ0n) is 12.3. The average molecular weight is 332 g/mol. The summed E-state index contributed by atoms with van der Waals surface area (Å²) in [6, 6.07) is 4.80. The van der Waals surface area contributed by atoms with Crippen LogP contribution in [0.3, 0.4) is 0 Å². The molecule has 0 unspecified atom stereocenters. The maximum Gasteiger partial charge on any atom is 0.354 e. The van der Waals surface area contributed by atoms with Crippen LogP contribution in [0.2, 0.25) is 0 Å². The number of hydrogen-bond donors (Lipinski definition) is 3. The third-order valence-electron chi connectivity index (χ3n) is 2.82. The number of hydrogen-bond acceptors (Lipinski definition) is 7. The molecule has 124 valence electrons. The Labute approximate surface area is 135 Å². The summed E-state index contributed by atoms with van der Waals surface area (Å²) in [5, 5.41) is 13.9. The quantitative estimate of drug-likeness (QED) is 0.402. The SMILES string of the molecule is C=CCNc1ncnc(NNC(=O)c2ccc(F)cc2)c1[N+](=O)[O-]. The normalized spacial score (nSPS) is 9.88. The number of aromatic nitrogens is 2. The number of nitro groups is 1. The van der Waals surface area contributed by atoms with E-state index in [-0.39, 0.29) is 23.7 Å². The second-order valence-electron chi connectivity index (χ2n) is 4.43. The summed E-state index contributed by atoms with van der Waals surface area (Å²) in [5.41, 5.74) is 4.37. The van der Waals surface area contributed by atoms with E-state index in [2.05, 4.69) is 32.7 Å². The maximum atomic E-state index is 12.8. The van der Waals surface area contributed by atoms with Crippen molar-refractivity contribution < 1.29 is 14.1 Å². The van der Waals surface area contributed by atoms with Crippen molar-refractivity contribution in [1.29, 1.82) is 0 Å². The molecule has 2 rings (SSSR count). The number of benzene rings is 1. The van der Waals surface area contributed by atoms with Gasteiger partial charge < -0.3 is 5.32 Å². The van der Waals surface area contributed by atoms with Crippen molar-refractivity contribution in [3.05, 3.63) is 64.7 Å². The summed E-state index contributed by atoms with van der Waals surface area (Å²) < 4.78 is 12.8. The van der Waals surface area contributed by atoms with Gasteiger partial charge in [0, 0.05) is 12.1 Å². The Bertz CT molecular complexity index is 766. The lowest BCUT2D eigenvalue weighted by Crippen LogP contribution is -2.30. The smallest absolute Gasteiger partial charge is 0.354 e. The van der Waals surface area contributed by atoms with Crippen molar-refractivity contribution in [1.82, 2.24) is 15.4 Å². The van der Waals surface area contributed by atoms with Crippen LogP contribution in [0, 0.1) is 15.9 Å². The van der Waals surface area contributed by atoms with Crippen LogP contribution in [0.4, 0.5) is 21.7 Å². The minimum Gasteiger partial charge on any atom is -0.361 e. The second kappa shape index (κ2) is 7.63. The molecule has 1 aromatic carbocycles. The molecule has 0 aliphatic heterocycles. The lowest BCUT2D eigenvalue weighted by Gasteiger charge is -2.10. The Morgan fingerprint density at radius 1 is 1.29 bits per heavy atom. The van der Waals surface area contributed by atoms with Gasteiger partial charge in [0.1, 0.15) is 12.1 Å². The molecular weight excluding hydrogens is 319 g/mol. The van der Waals surface area contributed by atoms with Crippen LogP contribution in [-0.2, 0) is 0 Å². The van der Waals surface area contributed by atoms with Crippen LogP contribution >= 0.6 is 0 Å². The van der Waals surface area contributed by atoms with Gasteiger partial charge >= 0.3 is 5.69 Å². The molecule has 0 saturated carbocycles. The first-order valence-electron chi connectivity index (χ1n) is 6.69. The van der Waals surface area contributed by atoms with E-state index >= 15 is 0 Å². The van der Waals surface area contributed by atoms with Crippen molar-refractivity contribution >= 4 is 23.2 Å². The van der Waals surface area contributed by atoms with E-state index in [1.54, 1.807) is 0 Å². The highest BCUT2D eigenvalue weighted by Crippen LogP contribution is 2.28. The fourth-order valence-corrected chi connectivity index (χ4v) is 1.73. The maximum absolute atomic E-state index is 12.8. The first-order chi connectivity index (χ1) is 11.5. The Balaban J connectivity index is 2.16. The topological polar surface area (TPSA) is 122 Å². The lowest BCUT2D eigenvalue weighted by atomic mass is 10.2. The number of carbonyl (C=O) groups is 1. The Kier molecular flexibility index (Phi) is 5.34. The van der Waals surface area contributed by atoms with Gasteiger partial charge in [0.15, 0.2) is 0 Å². The number of halogens is 1. The molecule has 1 amide bonds. The average Bonchev–Trinajstić information content (AvgIpc) is 2.58. The summed E-state index contributed by atoms with van der Waals surface area (Å²) in [4.78, 5) is 30.0. The molecule has 0 bridgehead atoms. The lowest BCUT2D eigenvalue weighted by molar-refractivity contribution is -0.383. The zero-order chi connectivity index (χ0) is 17.5. The van der Waals surface area contributed by atoms with Crippen LogP contribution in [0.1, 0.15) is 10.4 Å². The molecule has 0 atom stereocenters. The summed E-state index contributed by atoms with van der Waals surface area (Å²) >= 11 is 0. The molecule has 0 aliphatic carbocycles. The highest BCUT2D eigenvalue weighted by molar-refractivity contribution is 5.95. The van der Waals surface area contributed by atoms with E-state index in [9.17, 15) is 19.3 Å². The largest absolute Gasteiger partial charge is 0.361 e. The van der Waals surface area contributed by atoms with Crippen LogP contribution in [-0.4, -0.2) is 27.3 Å². The fraction of sp³-hybridized carbons (Fsp3) is 0.0714. The molecular formula is C14H13FN6O3. The van der Waals surface area contributed by atoms with Gasteiger partial charge in [0.05, 0.1) is 4.92 Å². The number of rotatable bonds is 7. The number of carbonyl (C=O) groups excluding carboxylic acids is 1. The summed E-state index contributed by atoms with van der Waals surface area (Å²) in [6.07, 6.45) is 2.61. The highest BCUT2D eigenvalue weighted by Gasteiger charge is 2.23. The van der Waals surface area contributed by atoms with Gasteiger partial charge in [-0.1, -0.05) is 6.08 Å². The third kappa shape index (κ3) is 4.00. The van der Waals surface area contributed by atoms with Crippen LogP contribution in [0.25, 0.3) is 0 Å². The van der Waals surface area contributed by atoms with Crippen molar-refractivity contribution in [2.75, 3.05) is 17.3 Å². The molecule has 0 aliphatic rings. The van der Waals surface area contributed by atoms with E-state index in [4.69, 9.17) is 0 Å². The predicted octanol–water partition coefficient (Wildman–Crippen LogP) is 1.88. The number of anilines is 2. The molecule has 0 fully saturated rings. The van der Waals surface area contributed by atoms with E-state index in [0.29, 0.717) is 0 Å². The molecule has 2 aromatic rings. The molecule has 0 saturated heterocycles. The van der Waals surface area contributed by atoms with Crippen LogP contribution in [0.5, 0.6) is 0 Å². The van der Waals surface area contributed by atoms with Crippen LogP contribution < -0.4 is 16.2 Å². The molecule has 9 nitrogen and oxygen atoms in total. The number of amides is 1. The molecule has 24 heavy (non-hydrogen) atoms. The Morgan fingerprint density at radius 3 is 2.58 bits per heavy atom. The van der Waals surface area contributed by atoms with Crippen molar-refractivity contribution in [2.24, 2.45) is 0 Å². The van der Waals surface area contributed by atoms with Gasteiger partial charge in [-0.25, -0.2) is 14.4 Å². The molecule has 3 N–H and O–H groups in total. The van der Waals surface area contributed by atoms with E-state index < -0.39 is 22.3 Å². The standard InChI is InChI=1S/C14H13FN6O3/c1-2-7-16-12-11(21(23)24)13(18-8-17-12)19-20-14(22)9-3-5-10(15)6-4-9/h2-6,8H,1,7H2,(H,20,22)(H2,16,17,18,19). The predicted molar refractivity (Wildman–Crippen MR) is 84.9 cm³/mol. The number of nitrogens with zero attached hydrogens (tertiary/aromatic N) is 3. The van der Waals surface area contributed by atoms with Crippen molar-refractivity contribution in [3.8, 4) is 0 Å². The van der Waals surface area contributed by atoms with E-state index in [1.165, 1.54) is 18.2 Å². The van der Waals surface area contributed by atoms with Gasteiger partial charge in [-0.2, -0.15) is 0 Å². The zero-order valence-corrected chi connectivity index (χ0v) is 12.3. The molecule has 1 heterocycles. The molecule has 0 radical (unpaired) electrons. The van der Waals surface area contributed by atoms with Gasteiger partial charge in [-0.05, 0) is 24.3 Å². The second-order valence-corrected chi connectivity index (χ2v) is 4.43. The fourth-order valence-electron chi connectivity index (χ4n) is 1.73. The van der Waals surface area contributed by atoms with E-state index in [0.717, 1.165) is 18.5 Å². The highest BCUT2D eigenvalue weighted by atomic mass is 19.1. The monoisotopic (exact) mass is 332 g/mol. The Morgan fingerprint density at radius 2 is 1.96 bits per heavy atom. The third-order valence-corrected chi connectivity index (χ3v) is 2.82. The van der Waals surface area contributed by atoms with Crippen molar-refractivity contribution in [3.63, 3.8) is 0 Å². The summed E-state index contributed by atoms with van der Waals surface area (Å²) in [7, 11) is 0. The number of hydrazine groups is 1. The van der Waals surface area contributed by atoms with Gasteiger partial charge in [-0.15, -0.1) is 6.58 Å². The minimum absolute atomic E-state index is 0.0200. The summed E-state index contributed by atoms with van der Waals surface area (Å²) in [5.74, 6) is -1.31. The summed E-state index contributed by atoms with van der Waals surface area (Å²) in [6.45, 7) is 3.76. The minimum atomic E-state index is -0.683. The van der Waals surface area contributed by atoms with E-state index in [1.807, 2.05) is 0 Å². The first-order valence-corrected chi connectivity index (χ1v) is 6.69.